The van der Waals surface area contributed by atoms with Crippen molar-refractivity contribution in [3.05, 3.63) is 29.8 Å². The van der Waals surface area contributed by atoms with Gasteiger partial charge in [-0.05, 0) is 42.9 Å². The van der Waals surface area contributed by atoms with Crippen LogP contribution in [0.3, 0.4) is 0 Å². The summed E-state index contributed by atoms with van der Waals surface area (Å²) in [6.45, 7) is 4.80. The second-order valence-corrected chi connectivity index (χ2v) is 5.55. The van der Waals surface area contributed by atoms with Gasteiger partial charge in [0.05, 0.1) is 6.61 Å². The summed E-state index contributed by atoms with van der Waals surface area (Å²) < 4.78 is 5.67. The standard InChI is InChI=1S/C16H26N2O/c1-3-16(17)14-6-8-15(9-7-14)18(2)10-11-19-12-13-4-5-13/h6-9,13,16H,3-5,10-12,17H2,1-2H3/t16-/m1/s1. The maximum atomic E-state index is 6.02. The molecule has 0 saturated heterocycles. The highest BCUT2D eigenvalue weighted by Crippen LogP contribution is 2.28. The van der Waals surface area contributed by atoms with Crippen LogP contribution < -0.4 is 10.6 Å². The van der Waals surface area contributed by atoms with Gasteiger partial charge in [0.1, 0.15) is 0 Å². The third-order valence-electron chi connectivity index (χ3n) is 3.82. The summed E-state index contributed by atoms with van der Waals surface area (Å²) in [6.07, 6.45) is 3.69. The summed E-state index contributed by atoms with van der Waals surface area (Å²) in [7, 11) is 2.11. The van der Waals surface area contributed by atoms with Gasteiger partial charge in [-0.15, -0.1) is 0 Å². The first-order valence-corrected chi connectivity index (χ1v) is 7.35. The molecule has 106 valence electrons. The minimum absolute atomic E-state index is 0.154. The van der Waals surface area contributed by atoms with Crippen LogP contribution in [0.5, 0.6) is 0 Å². The van der Waals surface area contributed by atoms with Gasteiger partial charge in [-0.3, -0.25) is 0 Å². The molecule has 2 rings (SSSR count). The van der Waals surface area contributed by atoms with Gasteiger partial charge in [0.25, 0.3) is 0 Å². The van der Waals surface area contributed by atoms with Crippen LogP contribution in [-0.2, 0) is 4.74 Å². The van der Waals surface area contributed by atoms with E-state index in [1.807, 2.05) is 0 Å². The van der Waals surface area contributed by atoms with Crippen LogP contribution in [0.4, 0.5) is 5.69 Å². The van der Waals surface area contributed by atoms with Crippen LogP contribution in [0.1, 0.15) is 37.8 Å². The first-order valence-electron chi connectivity index (χ1n) is 7.35. The highest BCUT2D eigenvalue weighted by atomic mass is 16.5. The zero-order chi connectivity index (χ0) is 13.7. The number of nitrogens with two attached hydrogens (primary N) is 1. The molecular weight excluding hydrogens is 236 g/mol. The Morgan fingerprint density at radius 1 is 1.32 bits per heavy atom. The molecule has 0 radical (unpaired) electrons. The molecule has 1 aliphatic carbocycles. The van der Waals surface area contributed by atoms with Crippen molar-refractivity contribution in [3.8, 4) is 0 Å². The lowest BCUT2D eigenvalue weighted by atomic mass is 10.1. The van der Waals surface area contributed by atoms with Crippen molar-refractivity contribution >= 4 is 5.69 Å². The minimum atomic E-state index is 0.154. The second-order valence-electron chi connectivity index (χ2n) is 5.55. The molecule has 0 aliphatic heterocycles. The van der Waals surface area contributed by atoms with E-state index >= 15 is 0 Å². The number of hydrogen-bond donors (Lipinski definition) is 1. The summed E-state index contributed by atoms with van der Waals surface area (Å²) in [5, 5.41) is 0. The Morgan fingerprint density at radius 3 is 2.58 bits per heavy atom. The maximum absolute atomic E-state index is 6.02. The molecule has 19 heavy (non-hydrogen) atoms. The monoisotopic (exact) mass is 262 g/mol. The molecule has 1 saturated carbocycles. The lowest BCUT2D eigenvalue weighted by Gasteiger charge is -2.20. The van der Waals surface area contributed by atoms with E-state index in [0.717, 1.165) is 32.1 Å². The SMILES string of the molecule is CC[C@@H](N)c1ccc(N(C)CCOCC2CC2)cc1. The van der Waals surface area contributed by atoms with E-state index in [2.05, 4.69) is 43.1 Å². The maximum Gasteiger partial charge on any atom is 0.0641 e. The predicted molar refractivity (Wildman–Crippen MR) is 80.5 cm³/mol. The second kappa shape index (κ2) is 6.92. The number of likely N-dealkylation sites (N-methyl/N-ethyl adjacent to an activating group) is 1. The Labute approximate surface area is 116 Å². The molecule has 0 amide bonds. The van der Waals surface area contributed by atoms with Crippen molar-refractivity contribution in [1.82, 2.24) is 0 Å². The number of benzene rings is 1. The molecule has 1 aliphatic rings. The fourth-order valence-corrected chi connectivity index (χ4v) is 2.08. The Bertz CT molecular complexity index is 373. The van der Waals surface area contributed by atoms with Crippen LogP contribution in [0.15, 0.2) is 24.3 Å². The predicted octanol–water partition coefficient (Wildman–Crippen LogP) is 2.96. The number of hydrogen-bond acceptors (Lipinski definition) is 3. The highest BCUT2D eigenvalue weighted by Gasteiger charge is 2.20. The van der Waals surface area contributed by atoms with Gasteiger partial charge in [0.15, 0.2) is 0 Å². The van der Waals surface area contributed by atoms with E-state index in [0.29, 0.717) is 0 Å². The molecule has 1 atom stereocenters. The van der Waals surface area contributed by atoms with Gasteiger partial charge in [-0.25, -0.2) is 0 Å². The van der Waals surface area contributed by atoms with Crippen LogP contribution in [0.2, 0.25) is 0 Å². The van der Waals surface area contributed by atoms with Gasteiger partial charge in [0, 0.05) is 31.9 Å². The Balaban J connectivity index is 1.75. The van der Waals surface area contributed by atoms with Crippen molar-refractivity contribution in [3.63, 3.8) is 0 Å². The smallest absolute Gasteiger partial charge is 0.0641 e. The number of rotatable bonds is 8. The molecule has 1 aromatic carbocycles. The zero-order valence-corrected chi connectivity index (χ0v) is 12.1. The number of anilines is 1. The third kappa shape index (κ3) is 4.51. The molecule has 0 spiro atoms. The normalized spacial score (nSPS) is 16.4. The molecule has 0 bridgehead atoms. The van der Waals surface area contributed by atoms with Crippen molar-refractivity contribution in [1.29, 1.82) is 0 Å². The number of nitrogens with zero attached hydrogens (tertiary/aromatic N) is 1. The quantitative estimate of drug-likeness (QED) is 0.732. The Hall–Kier alpha value is -1.06. The van der Waals surface area contributed by atoms with Crippen molar-refractivity contribution in [2.24, 2.45) is 11.7 Å². The molecule has 0 aromatic heterocycles. The van der Waals surface area contributed by atoms with E-state index in [1.54, 1.807) is 0 Å². The van der Waals surface area contributed by atoms with Gasteiger partial charge in [-0.2, -0.15) is 0 Å². The largest absolute Gasteiger partial charge is 0.379 e. The third-order valence-corrected chi connectivity index (χ3v) is 3.82. The Kier molecular flexibility index (Phi) is 5.23. The summed E-state index contributed by atoms with van der Waals surface area (Å²) in [4.78, 5) is 2.23. The Morgan fingerprint density at radius 2 is 2.00 bits per heavy atom. The summed E-state index contributed by atoms with van der Waals surface area (Å²) in [5.41, 5.74) is 8.46. The molecule has 1 fully saturated rings. The molecular formula is C16H26N2O. The first-order chi connectivity index (χ1) is 9.20. The van der Waals surface area contributed by atoms with E-state index in [-0.39, 0.29) is 6.04 Å². The molecule has 3 nitrogen and oxygen atoms in total. The molecule has 2 N–H and O–H groups in total. The fourth-order valence-electron chi connectivity index (χ4n) is 2.08. The van der Waals surface area contributed by atoms with Gasteiger partial charge < -0.3 is 15.4 Å². The first kappa shape index (κ1) is 14.4. The average Bonchev–Trinajstić information content (AvgIpc) is 3.27. The molecule has 3 heteroatoms. The lowest BCUT2D eigenvalue weighted by Crippen LogP contribution is -2.23. The summed E-state index contributed by atoms with van der Waals surface area (Å²) >= 11 is 0. The van der Waals surface area contributed by atoms with Crippen LogP contribution >= 0.6 is 0 Å². The minimum Gasteiger partial charge on any atom is -0.379 e. The van der Waals surface area contributed by atoms with Crippen LogP contribution in [0.25, 0.3) is 0 Å². The average molecular weight is 262 g/mol. The van der Waals surface area contributed by atoms with Gasteiger partial charge >= 0.3 is 0 Å². The summed E-state index contributed by atoms with van der Waals surface area (Å²) in [5.74, 6) is 0.847. The van der Waals surface area contributed by atoms with Crippen molar-refractivity contribution in [2.45, 2.75) is 32.2 Å². The van der Waals surface area contributed by atoms with E-state index < -0.39 is 0 Å². The van der Waals surface area contributed by atoms with Crippen molar-refractivity contribution in [2.75, 3.05) is 31.7 Å². The van der Waals surface area contributed by atoms with E-state index in [4.69, 9.17) is 10.5 Å². The van der Waals surface area contributed by atoms with Crippen LogP contribution in [-0.4, -0.2) is 26.8 Å². The highest BCUT2D eigenvalue weighted by molar-refractivity contribution is 5.47. The van der Waals surface area contributed by atoms with Gasteiger partial charge in [-0.1, -0.05) is 19.1 Å². The van der Waals surface area contributed by atoms with Crippen molar-refractivity contribution < 1.29 is 4.74 Å². The molecule has 1 aromatic rings. The van der Waals surface area contributed by atoms with E-state index in [9.17, 15) is 0 Å². The number of ether oxygens (including phenoxy) is 1. The van der Waals surface area contributed by atoms with E-state index in [1.165, 1.54) is 24.1 Å². The van der Waals surface area contributed by atoms with Gasteiger partial charge in [0.2, 0.25) is 0 Å². The van der Waals surface area contributed by atoms with Crippen LogP contribution in [0, 0.1) is 5.92 Å². The molecule has 0 unspecified atom stereocenters. The topological polar surface area (TPSA) is 38.5 Å². The fraction of sp³-hybridized carbons (Fsp3) is 0.625. The summed E-state index contributed by atoms with van der Waals surface area (Å²) in [6, 6.07) is 8.70. The molecule has 0 heterocycles. The lowest BCUT2D eigenvalue weighted by molar-refractivity contribution is 0.131. The zero-order valence-electron chi connectivity index (χ0n) is 12.1.